The van der Waals surface area contributed by atoms with Gasteiger partial charge in [0, 0.05) is 11.8 Å². The van der Waals surface area contributed by atoms with Gasteiger partial charge in [0.05, 0.1) is 19.7 Å². The fraction of sp³-hybridized carbons (Fsp3) is 0.500. The van der Waals surface area contributed by atoms with Gasteiger partial charge in [-0.25, -0.2) is 19.2 Å². The first kappa shape index (κ1) is 21.1. The van der Waals surface area contributed by atoms with Crippen LogP contribution in [0.1, 0.15) is 39.1 Å². The molecule has 1 saturated heterocycles. The highest BCUT2D eigenvalue weighted by Crippen LogP contribution is 2.35. The van der Waals surface area contributed by atoms with E-state index < -0.39 is 23.9 Å². The van der Waals surface area contributed by atoms with Crippen LogP contribution in [0.25, 0.3) is 16.6 Å². The zero-order valence-electron chi connectivity index (χ0n) is 18.2. The quantitative estimate of drug-likeness (QED) is 0.638. The average molecular weight is 427 g/mol. The van der Waals surface area contributed by atoms with Gasteiger partial charge in [0.25, 0.3) is 0 Å². The molecule has 3 heterocycles. The zero-order valence-corrected chi connectivity index (χ0v) is 18.2. The molecular formula is C20H25BFN6O3. The second kappa shape index (κ2) is 7.86. The predicted molar refractivity (Wildman–Crippen MR) is 115 cm³/mol. The van der Waals surface area contributed by atoms with Crippen molar-refractivity contribution >= 4 is 36.0 Å². The SMILES string of the molecule is C[B]Nc1nc2c(OC)cccc2c2nc([C@@H]3C[C@@H](F)CN3C(=O)OC(C)(C)C)nn12. The Morgan fingerprint density at radius 3 is 2.77 bits per heavy atom. The van der Waals surface area contributed by atoms with Crippen LogP contribution in [0.5, 0.6) is 5.75 Å². The average Bonchev–Trinajstić information content (AvgIpc) is 3.30. The Morgan fingerprint density at radius 2 is 2.10 bits per heavy atom. The summed E-state index contributed by atoms with van der Waals surface area (Å²) in [6.45, 7) is 7.09. The number of anilines is 1. The molecule has 1 amide bonds. The summed E-state index contributed by atoms with van der Waals surface area (Å²) >= 11 is 0. The number of ether oxygens (including phenoxy) is 2. The molecule has 1 N–H and O–H groups in total. The van der Waals surface area contributed by atoms with E-state index in [-0.39, 0.29) is 13.0 Å². The number of para-hydroxylation sites is 1. The van der Waals surface area contributed by atoms with Gasteiger partial charge in [0.1, 0.15) is 23.0 Å². The van der Waals surface area contributed by atoms with Gasteiger partial charge in [-0.1, -0.05) is 12.9 Å². The first-order valence-electron chi connectivity index (χ1n) is 10.1. The molecule has 1 aliphatic rings. The van der Waals surface area contributed by atoms with Gasteiger partial charge in [-0.2, -0.15) is 4.52 Å². The Balaban J connectivity index is 1.83. The van der Waals surface area contributed by atoms with Crippen LogP contribution < -0.4 is 9.96 Å². The van der Waals surface area contributed by atoms with Crippen LogP contribution in [-0.4, -0.2) is 63.4 Å². The number of aromatic nitrogens is 4. The lowest BCUT2D eigenvalue weighted by atomic mass is 10.0. The maximum atomic E-state index is 14.4. The highest BCUT2D eigenvalue weighted by Gasteiger charge is 2.41. The van der Waals surface area contributed by atoms with E-state index in [0.717, 1.165) is 5.39 Å². The molecule has 1 radical (unpaired) electrons. The minimum Gasteiger partial charge on any atom is -0.494 e. The van der Waals surface area contributed by atoms with Gasteiger partial charge in [-0.15, -0.1) is 5.10 Å². The molecule has 0 saturated carbocycles. The lowest BCUT2D eigenvalue weighted by Crippen LogP contribution is -2.37. The van der Waals surface area contributed by atoms with Crippen molar-refractivity contribution in [1.82, 2.24) is 24.5 Å². The van der Waals surface area contributed by atoms with E-state index in [0.29, 0.717) is 28.7 Å². The highest BCUT2D eigenvalue weighted by atomic mass is 19.1. The first-order valence-corrected chi connectivity index (χ1v) is 10.1. The van der Waals surface area contributed by atoms with E-state index >= 15 is 0 Å². The van der Waals surface area contributed by atoms with Gasteiger partial charge >= 0.3 is 6.09 Å². The van der Waals surface area contributed by atoms with Crippen LogP contribution in [0.3, 0.4) is 0 Å². The lowest BCUT2D eigenvalue weighted by Gasteiger charge is -2.27. The number of likely N-dealkylation sites (tertiary alicyclic amines) is 1. The summed E-state index contributed by atoms with van der Waals surface area (Å²) in [4.78, 5) is 23.4. The van der Waals surface area contributed by atoms with E-state index in [2.05, 4.69) is 15.3 Å². The first-order chi connectivity index (χ1) is 14.7. The lowest BCUT2D eigenvalue weighted by molar-refractivity contribution is 0.0210. The molecule has 3 aromatic rings. The molecule has 1 aromatic carbocycles. The number of carbonyl (C=O) groups is 1. The molecule has 163 valence electrons. The topological polar surface area (TPSA) is 93.9 Å². The van der Waals surface area contributed by atoms with E-state index in [1.165, 1.54) is 4.90 Å². The molecule has 9 nitrogen and oxygen atoms in total. The molecular weight excluding hydrogens is 402 g/mol. The van der Waals surface area contributed by atoms with Crippen molar-refractivity contribution in [3.63, 3.8) is 0 Å². The van der Waals surface area contributed by atoms with E-state index in [1.54, 1.807) is 39.8 Å². The minimum atomic E-state index is -1.18. The molecule has 4 rings (SSSR count). The van der Waals surface area contributed by atoms with E-state index in [4.69, 9.17) is 14.5 Å². The zero-order chi connectivity index (χ0) is 22.3. The number of methoxy groups -OCH3 is 1. The van der Waals surface area contributed by atoms with Crippen LogP contribution in [0.2, 0.25) is 6.82 Å². The molecule has 31 heavy (non-hydrogen) atoms. The summed E-state index contributed by atoms with van der Waals surface area (Å²) in [5, 5.41) is 8.38. The summed E-state index contributed by atoms with van der Waals surface area (Å²) in [5.41, 5.74) is 0.474. The van der Waals surface area contributed by atoms with Crippen LogP contribution >= 0.6 is 0 Å². The third-order valence-corrected chi connectivity index (χ3v) is 4.95. The number of hydrogen-bond acceptors (Lipinski definition) is 7. The predicted octanol–water partition coefficient (Wildman–Crippen LogP) is 3.39. The summed E-state index contributed by atoms with van der Waals surface area (Å²) in [6, 6.07) is 4.90. The summed E-state index contributed by atoms with van der Waals surface area (Å²) < 4.78 is 26.8. The van der Waals surface area contributed by atoms with Crippen molar-refractivity contribution in [2.75, 3.05) is 18.9 Å². The van der Waals surface area contributed by atoms with Crippen LogP contribution in [0.15, 0.2) is 18.2 Å². The van der Waals surface area contributed by atoms with Crippen molar-refractivity contribution in [2.45, 2.75) is 51.8 Å². The highest BCUT2D eigenvalue weighted by molar-refractivity contribution is 6.38. The van der Waals surface area contributed by atoms with E-state index in [9.17, 15) is 9.18 Å². The molecule has 11 heteroatoms. The van der Waals surface area contributed by atoms with Crippen molar-refractivity contribution in [1.29, 1.82) is 0 Å². The fourth-order valence-corrected chi connectivity index (χ4v) is 3.70. The molecule has 1 fully saturated rings. The molecule has 1 aliphatic heterocycles. The summed E-state index contributed by atoms with van der Waals surface area (Å²) in [7, 11) is 3.30. The minimum absolute atomic E-state index is 0.0597. The van der Waals surface area contributed by atoms with Gasteiger partial charge in [0.2, 0.25) is 13.4 Å². The maximum absolute atomic E-state index is 14.4. The maximum Gasteiger partial charge on any atom is 0.411 e. The third-order valence-electron chi connectivity index (χ3n) is 4.95. The Hall–Kier alpha value is -3.11. The standard InChI is InChI=1S/C20H25BFN6O3/c1-20(2,3)31-19(29)27-10-11(22)9-13(27)16-24-17-12-7-6-8-14(30-5)15(12)23-18(25-21-4)28(17)26-16/h6-8,11,13H,9-10H2,1-5H3,(H,23,25)/t11-,13+/m1/s1. The number of benzene rings is 1. The van der Waals surface area contributed by atoms with Gasteiger partial charge in [0.15, 0.2) is 11.5 Å². The van der Waals surface area contributed by atoms with Crippen LogP contribution in [0, 0.1) is 0 Å². The van der Waals surface area contributed by atoms with Crippen molar-refractivity contribution < 1.29 is 18.7 Å². The number of alkyl halides is 1. The second-order valence-corrected chi connectivity index (χ2v) is 8.41. The molecule has 0 spiro atoms. The molecule has 2 atom stereocenters. The smallest absolute Gasteiger partial charge is 0.411 e. The number of nitrogens with zero attached hydrogens (tertiary/aromatic N) is 5. The van der Waals surface area contributed by atoms with Gasteiger partial charge in [-0.05, 0) is 32.9 Å². The number of hydrogen-bond donors (Lipinski definition) is 1. The fourth-order valence-electron chi connectivity index (χ4n) is 3.70. The Kier molecular flexibility index (Phi) is 5.36. The number of rotatable bonds is 4. The van der Waals surface area contributed by atoms with Crippen molar-refractivity contribution in [3.05, 3.63) is 24.0 Å². The molecule has 0 unspecified atom stereocenters. The Bertz CT molecular complexity index is 1130. The van der Waals surface area contributed by atoms with Crippen LogP contribution in [0.4, 0.5) is 15.1 Å². The van der Waals surface area contributed by atoms with E-state index in [1.807, 2.05) is 25.0 Å². The van der Waals surface area contributed by atoms with Gasteiger partial charge < -0.3 is 14.7 Å². The van der Waals surface area contributed by atoms with Gasteiger partial charge in [-0.3, -0.25) is 4.90 Å². The Morgan fingerprint density at radius 1 is 1.32 bits per heavy atom. The van der Waals surface area contributed by atoms with Crippen molar-refractivity contribution in [2.24, 2.45) is 0 Å². The number of fused-ring (bicyclic) bond motifs is 3. The van der Waals surface area contributed by atoms with Crippen molar-refractivity contribution in [3.8, 4) is 5.75 Å². The largest absolute Gasteiger partial charge is 0.494 e. The molecule has 0 bridgehead atoms. The third kappa shape index (κ3) is 3.96. The number of amides is 1. The Labute approximate surface area is 180 Å². The van der Waals surface area contributed by atoms with Crippen LogP contribution in [-0.2, 0) is 4.74 Å². The molecule has 2 aromatic heterocycles. The number of carbonyl (C=O) groups excluding carboxylic acids is 1. The normalized spacial score (nSPS) is 19.1. The second-order valence-electron chi connectivity index (χ2n) is 8.41. The molecule has 0 aliphatic carbocycles. The number of halogens is 1. The number of nitrogens with one attached hydrogen (secondary N) is 1. The monoisotopic (exact) mass is 427 g/mol. The summed E-state index contributed by atoms with van der Waals surface area (Å²) in [5.74, 6) is 1.37. The summed E-state index contributed by atoms with van der Waals surface area (Å²) in [6.07, 6.45) is -1.66.